The summed E-state index contributed by atoms with van der Waals surface area (Å²) in [6.45, 7) is 7.13. The molecule has 0 aliphatic heterocycles. The Morgan fingerprint density at radius 2 is 2.11 bits per heavy atom. The zero-order chi connectivity index (χ0) is 13.9. The van der Waals surface area contributed by atoms with Crippen molar-refractivity contribution in [2.45, 2.75) is 33.3 Å². The predicted molar refractivity (Wildman–Crippen MR) is 72.4 cm³/mol. The van der Waals surface area contributed by atoms with E-state index in [2.05, 4.69) is 0 Å². The summed E-state index contributed by atoms with van der Waals surface area (Å²) in [5.41, 5.74) is -0.504. The second-order valence-corrected chi connectivity index (χ2v) is 5.43. The van der Waals surface area contributed by atoms with Crippen molar-refractivity contribution in [3.63, 3.8) is 0 Å². The molecule has 4 heteroatoms. The Morgan fingerprint density at radius 3 is 2.61 bits per heavy atom. The molecule has 1 aromatic carbocycles. The number of hydrogen-bond donors (Lipinski definition) is 1. The summed E-state index contributed by atoms with van der Waals surface area (Å²) in [6.07, 6.45) is 0. The van der Waals surface area contributed by atoms with E-state index in [4.69, 9.17) is 16.3 Å². The van der Waals surface area contributed by atoms with Gasteiger partial charge in [0.2, 0.25) is 0 Å². The first-order valence-electron chi connectivity index (χ1n) is 5.89. The minimum atomic E-state index is -0.937. The number of benzene rings is 1. The Morgan fingerprint density at radius 1 is 1.50 bits per heavy atom. The van der Waals surface area contributed by atoms with Crippen LogP contribution < -0.4 is 4.74 Å². The third kappa shape index (κ3) is 3.72. The van der Waals surface area contributed by atoms with Crippen LogP contribution in [0.5, 0.6) is 5.75 Å². The van der Waals surface area contributed by atoms with Gasteiger partial charge in [-0.05, 0) is 38.0 Å². The van der Waals surface area contributed by atoms with Crippen LogP contribution in [0.3, 0.4) is 0 Å². The van der Waals surface area contributed by atoms with E-state index in [-0.39, 0.29) is 18.3 Å². The summed E-state index contributed by atoms with van der Waals surface area (Å²) in [4.78, 5) is 11.5. The largest absolute Gasteiger partial charge is 0.490 e. The van der Waals surface area contributed by atoms with E-state index in [1.807, 2.05) is 13.8 Å². The highest BCUT2D eigenvalue weighted by Crippen LogP contribution is 2.25. The molecule has 1 atom stereocenters. The molecule has 0 aromatic heterocycles. The van der Waals surface area contributed by atoms with Crippen LogP contribution in [0.25, 0.3) is 0 Å². The highest BCUT2D eigenvalue weighted by molar-refractivity contribution is 6.31. The number of aliphatic hydroxyl groups is 1. The molecule has 1 rings (SSSR count). The lowest BCUT2D eigenvalue weighted by atomic mass is 9.94. The van der Waals surface area contributed by atoms with Gasteiger partial charge < -0.3 is 9.84 Å². The number of carbonyl (C=O) groups excluding carboxylic acids is 1. The predicted octanol–water partition coefficient (Wildman–Crippen LogP) is 3.33. The zero-order valence-electron chi connectivity index (χ0n) is 11.2. The summed E-state index contributed by atoms with van der Waals surface area (Å²) in [5, 5.41) is 10.6. The molecule has 0 amide bonds. The Hall–Kier alpha value is -1.06. The van der Waals surface area contributed by atoms with Crippen molar-refractivity contribution >= 4 is 17.4 Å². The molecule has 0 bridgehead atoms. The first kappa shape index (κ1) is 15.0. The second-order valence-electron chi connectivity index (χ2n) is 5.00. The number of hydrogen-bond acceptors (Lipinski definition) is 3. The third-order valence-corrected chi connectivity index (χ3v) is 3.32. The van der Waals surface area contributed by atoms with E-state index < -0.39 is 5.60 Å². The van der Waals surface area contributed by atoms with Gasteiger partial charge in [0.1, 0.15) is 12.4 Å². The van der Waals surface area contributed by atoms with Crippen molar-refractivity contribution in [2.24, 2.45) is 5.92 Å². The first-order chi connectivity index (χ1) is 8.24. The number of rotatable bonds is 5. The average Bonchev–Trinajstić information content (AvgIpc) is 2.27. The van der Waals surface area contributed by atoms with Gasteiger partial charge in [0.15, 0.2) is 5.78 Å². The molecule has 0 saturated heterocycles. The fraction of sp³-hybridized carbons (Fsp3) is 0.500. The van der Waals surface area contributed by atoms with E-state index in [9.17, 15) is 9.90 Å². The summed E-state index contributed by atoms with van der Waals surface area (Å²) in [5.74, 6) is 0.398. The Bertz CT molecular complexity index is 439. The van der Waals surface area contributed by atoms with Gasteiger partial charge in [0.25, 0.3) is 0 Å². The van der Waals surface area contributed by atoms with Crippen LogP contribution in [-0.4, -0.2) is 23.1 Å². The maximum absolute atomic E-state index is 11.5. The number of Topliss-reactive ketones (excluding diaryl/α,β-unsaturated/α-hetero) is 1. The molecule has 0 fully saturated rings. The van der Waals surface area contributed by atoms with E-state index in [0.29, 0.717) is 16.3 Å². The van der Waals surface area contributed by atoms with Crippen molar-refractivity contribution in [3.05, 3.63) is 28.8 Å². The first-order valence-corrected chi connectivity index (χ1v) is 6.27. The average molecular weight is 271 g/mol. The van der Waals surface area contributed by atoms with Crippen molar-refractivity contribution in [1.29, 1.82) is 0 Å². The summed E-state index contributed by atoms with van der Waals surface area (Å²) in [7, 11) is 0. The van der Waals surface area contributed by atoms with E-state index >= 15 is 0 Å². The molecule has 0 saturated carbocycles. The third-order valence-electron chi connectivity index (χ3n) is 3.08. The molecule has 18 heavy (non-hydrogen) atoms. The number of halogens is 1. The van der Waals surface area contributed by atoms with Crippen LogP contribution in [0, 0.1) is 5.92 Å². The van der Waals surface area contributed by atoms with Gasteiger partial charge in [-0.3, -0.25) is 4.79 Å². The second kappa shape index (κ2) is 5.72. The van der Waals surface area contributed by atoms with Crippen molar-refractivity contribution in [3.8, 4) is 5.75 Å². The fourth-order valence-electron chi connectivity index (χ4n) is 1.29. The van der Waals surface area contributed by atoms with E-state index in [1.54, 1.807) is 25.1 Å². The van der Waals surface area contributed by atoms with Gasteiger partial charge in [-0.2, -0.15) is 0 Å². The van der Waals surface area contributed by atoms with Crippen molar-refractivity contribution in [2.75, 3.05) is 6.61 Å². The standard InChI is InChI=1S/C14H19ClO3/c1-9(2)14(4,17)8-18-13-6-5-11(15)7-12(13)10(3)16/h5-7,9,17H,8H2,1-4H3. The Balaban J connectivity index is 2.89. The van der Waals surface area contributed by atoms with Gasteiger partial charge in [-0.1, -0.05) is 25.4 Å². The SMILES string of the molecule is CC(=O)c1cc(Cl)ccc1OCC(C)(O)C(C)C. The lowest BCUT2D eigenvalue weighted by Gasteiger charge is -2.27. The quantitative estimate of drug-likeness (QED) is 0.835. The molecule has 3 nitrogen and oxygen atoms in total. The molecular weight excluding hydrogens is 252 g/mol. The molecular formula is C14H19ClO3. The molecule has 0 aliphatic carbocycles. The molecule has 1 N–H and O–H groups in total. The summed E-state index contributed by atoms with van der Waals surface area (Å²) >= 11 is 5.84. The molecule has 0 heterocycles. The molecule has 1 aromatic rings. The van der Waals surface area contributed by atoms with E-state index in [0.717, 1.165) is 0 Å². The number of ketones is 1. The summed E-state index contributed by atoms with van der Waals surface area (Å²) in [6, 6.07) is 4.88. The van der Waals surface area contributed by atoms with Gasteiger partial charge in [0, 0.05) is 5.02 Å². The maximum atomic E-state index is 11.5. The molecule has 0 aliphatic rings. The monoisotopic (exact) mass is 270 g/mol. The number of ether oxygens (including phenoxy) is 1. The van der Waals surface area contributed by atoms with Gasteiger partial charge in [0.05, 0.1) is 11.2 Å². The molecule has 100 valence electrons. The molecule has 0 spiro atoms. The van der Waals surface area contributed by atoms with Gasteiger partial charge >= 0.3 is 0 Å². The number of carbonyl (C=O) groups is 1. The normalized spacial score (nSPS) is 14.4. The highest BCUT2D eigenvalue weighted by Gasteiger charge is 2.26. The van der Waals surface area contributed by atoms with Gasteiger partial charge in [-0.25, -0.2) is 0 Å². The van der Waals surface area contributed by atoms with Crippen LogP contribution in [0.1, 0.15) is 38.1 Å². The minimum Gasteiger partial charge on any atom is -0.490 e. The smallest absolute Gasteiger partial charge is 0.163 e. The van der Waals surface area contributed by atoms with Crippen molar-refractivity contribution in [1.82, 2.24) is 0 Å². The molecule has 0 radical (unpaired) electrons. The Kier molecular flexibility index (Phi) is 4.77. The topological polar surface area (TPSA) is 46.5 Å². The minimum absolute atomic E-state index is 0.0607. The van der Waals surface area contributed by atoms with Crippen LogP contribution in [-0.2, 0) is 0 Å². The van der Waals surface area contributed by atoms with Crippen molar-refractivity contribution < 1.29 is 14.6 Å². The van der Waals surface area contributed by atoms with Crippen LogP contribution in [0.2, 0.25) is 5.02 Å². The Labute approximate surface area is 113 Å². The fourth-order valence-corrected chi connectivity index (χ4v) is 1.47. The summed E-state index contributed by atoms with van der Waals surface area (Å²) < 4.78 is 5.55. The lowest BCUT2D eigenvalue weighted by Crippen LogP contribution is -2.38. The maximum Gasteiger partial charge on any atom is 0.163 e. The van der Waals surface area contributed by atoms with Crippen LogP contribution in [0.15, 0.2) is 18.2 Å². The van der Waals surface area contributed by atoms with E-state index in [1.165, 1.54) is 6.92 Å². The highest BCUT2D eigenvalue weighted by atomic mass is 35.5. The zero-order valence-corrected chi connectivity index (χ0v) is 11.9. The van der Waals surface area contributed by atoms with Crippen LogP contribution >= 0.6 is 11.6 Å². The van der Waals surface area contributed by atoms with Crippen LogP contribution in [0.4, 0.5) is 0 Å². The lowest BCUT2D eigenvalue weighted by molar-refractivity contribution is -0.0268. The van der Waals surface area contributed by atoms with Gasteiger partial charge in [-0.15, -0.1) is 0 Å². The molecule has 1 unspecified atom stereocenters.